The molecule has 0 unspecified atom stereocenters. The predicted octanol–water partition coefficient (Wildman–Crippen LogP) is -1.53. The van der Waals surface area contributed by atoms with Gasteiger partial charge < -0.3 is 18.9 Å². The molecule has 0 heterocycles. The SMILES string of the molecule is CCOP(=O)([O-])[O-].[Mg+2]. The second-order valence-electron chi connectivity index (χ2n) is 0.865. The fraction of sp³-hybridized carbons (Fsp3) is 1.00. The molecule has 0 aliphatic heterocycles. The molecule has 44 valence electrons. The van der Waals surface area contributed by atoms with Gasteiger partial charge in [0.05, 0.1) is 7.82 Å². The zero-order valence-corrected chi connectivity index (χ0v) is 6.80. The first-order chi connectivity index (χ1) is 3.06. The Morgan fingerprint density at radius 3 is 2.00 bits per heavy atom. The number of rotatable bonds is 2. The van der Waals surface area contributed by atoms with Gasteiger partial charge in [0.25, 0.3) is 0 Å². The van der Waals surface area contributed by atoms with Crippen LogP contribution in [0.1, 0.15) is 6.92 Å². The van der Waals surface area contributed by atoms with Gasteiger partial charge in [-0.3, -0.25) is 0 Å². The van der Waals surface area contributed by atoms with Crippen molar-refractivity contribution in [3.8, 4) is 0 Å². The number of hydrogen-bond donors (Lipinski definition) is 0. The Morgan fingerprint density at radius 2 is 2.00 bits per heavy atom. The summed E-state index contributed by atoms with van der Waals surface area (Å²) in [5, 5.41) is 0. The van der Waals surface area contributed by atoms with E-state index in [1.54, 1.807) is 0 Å². The van der Waals surface area contributed by atoms with Crippen LogP contribution in [0.5, 0.6) is 0 Å². The average Bonchev–Trinajstić information content (AvgIpc) is 1.30. The van der Waals surface area contributed by atoms with Crippen molar-refractivity contribution in [3.05, 3.63) is 0 Å². The number of hydrogen-bond acceptors (Lipinski definition) is 4. The maximum absolute atomic E-state index is 9.48. The monoisotopic (exact) mass is 148 g/mol. The Hall–Kier alpha value is 0.876. The van der Waals surface area contributed by atoms with Gasteiger partial charge in [0.2, 0.25) is 0 Å². The van der Waals surface area contributed by atoms with E-state index in [9.17, 15) is 14.4 Å². The summed E-state index contributed by atoms with van der Waals surface area (Å²) >= 11 is 0. The number of phosphoric acid groups is 1. The third-order valence-electron chi connectivity index (χ3n) is 0.287. The third-order valence-corrected chi connectivity index (χ3v) is 0.862. The van der Waals surface area contributed by atoms with E-state index in [2.05, 4.69) is 4.52 Å². The summed E-state index contributed by atoms with van der Waals surface area (Å²) in [7, 11) is -4.67. The van der Waals surface area contributed by atoms with Crippen molar-refractivity contribution in [3.63, 3.8) is 0 Å². The van der Waals surface area contributed by atoms with Crippen molar-refractivity contribution in [1.29, 1.82) is 0 Å². The zero-order valence-electron chi connectivity index (χ0n) is 4.49. The molecule has 8 heavy (non-hydrogen) atoms. The van der Waals surface area contributed by atoms with Crippen molar-refractivity contribution in [2.24, 2.45) is 0 Å². The van der Waals surface area contributed by atoms with E-state index in [4.69, 9.17) is 0 Å². The molecule has 0 fully saturated rings. The second-order valence-corrected chi connectivity index (χ2v) is 2.02. The average molecular weight is 148 g/mol. The van der Waals surface area contributed by atoms with Crippen molar-refractivity contribution in [1.82, 2.24) is 0 Å². The summed E-state index contributed by atoms with van der Waals surface area (Å²) in [6.45, 7) is 1.35. The van der Waals surface area contributed by atoms with Crippen LogP contribution in [0.25, 0.3) is 0 Å². The molecule has 0 aromatic carbocycles. The molecule has 0 aromatic heterocycles. The molecule has 0 aliphatic rings. The van der Waals surface area contributed by atoms with Gasteiger partial charge in [0.1, 0.15) is 0 Å². The maximum atomic E-state index is 9.48. The topological polar surface area (TPSA) is 72.4 Å². The molecule has 0 bridgehead atoms. The van der Waals surface area contributed by atoms with Gasteiger partial charge in [0, 0.05) is 6.61 Å². The van der Waals surface area contributed by atoms with E-state index >= 15 is 0 Å². The van der Waals surface area contributed by atoms with Crippen LogP contribution in [-0.2, 0) is 9.09 Å². The first kappa shape index (κ1) is 11.6. The van der Waals surface area contributed by atoms with Gasteiger partial charge >= 0.3 is 23.1 Å². The normalized spacial score (nSPS) is 10.4. The maximum Gasteiger partial charge on any atom is 2.00 e. The van der Waals surface area contributed by atoms with Gasteiger partial charge in [-0.15, -0.1) is 0 Å². The minimum atomic E-state index is -4.67. The van der Waals surface area contributed by atoms with Crippen molar-refractivity contribution in [2.75, 3.05) is 6.61 Å². The molecule has 0 saturated heterocycles. The fourth-order valence-corrected chi connectivity index (χ4v) is 0.474. The van der Waals surface area contributed by atoms with Gasteiger partial charge in [-0.2, -0.15) is 0 Å². The first-order valence-electron chi connectivity index (χ1n) is 1.73. The summed E-state index contributed by atoms with van der Waals surface area (Å²) < 4.78 is 13.2. The standard InChI is InChI=1S/C2H7O4P.Mg/c1-2-6-7(3,4)5;/h2H2,1H3,(H2,3,4,5);/q;+2/p-2. The van der Waals surface area contributed by atoms with E-state index in [0.29, 0.717) is 0 Å². The predicted molar refractivity (Wildman–Crippen MR) is 25.0 cm³/mol. The van der Waals surface area contributed by atoms with E-state index in [1.165, 1.54) is 6.92 Å². The van der Waals surface area contributed by atoms with Gasteiger partial charge in [-0.25, -0.2) is 0 Å². The van der Waals surface area contributed by atoms with Gasteiger partial charge in [0.15, 0.2) is 0 Å². The smallest absolute Gasteiger partial charge is 0.790 e. The number of phosphoric ester groups is 1. The third kappa shape index (κ3) is 9.99. The summed E-state index contributed by atoms with van der Waals surface area (Å²) in [6.07, 6.45) is 0. The molecule has 0 atom stereocenters. The van der Waals surface area contributed by atoms with Crippen molar-refractivity contribution in [2.45, 2.75) is 6.92 Å². The summed E-state index contributed by atoms with van der Waals surface area (Å²) in [5.74, 6) is 0. The van der Waals surface area contributed by atoms with Crippen LogP contribution in [0.4, 0.5) is 0 Å². The first-order valence-corrected chi connectivity index (χ1v) is 3.19. The molecule has 0 rings (SSSR count). The van der Waals surface area contributed by atoms with Crippen LogP contribution in [0, 0.1) is 0 Å². The largest absolute Gasteiger partial charge is 2.00 e. The van der Waals surface area contributed by atoms with Gasteiger partial charge in [-0.1, -0.05) is 0 Å². The fourth-order valence-electron chi connectivity index (χ4n) is 0.158. The van der Waals surface area contributed by atoms with Crippen LogP contribution in [0.2, 0.25) is 0 Å². The molecule has 0 saturated carbocycles. The van der Waals surface area contributed by atoms with Crippen molar-refractivity contribution >= 4 is 30.9 Å². The molecule has 0 spiro atoms. The Bertz CT molecular complexity index is 88.0. The van der Waals surface area contributed by atoms with Crippen LogP contribution in [0.3, 0.4) is 0 Å². The molecule has 0 aromatic rings. The quantitative estimate of drug-likeness (QED) is 0.352. The Kier molecular flexibility index (Phi) is 6.88. The zero-order chi connectivity index (χ0) is 5.91. The Labute approximate surface area is 63.6 Å². The second kappa shape index (κ2) is 4.73. The molecule has 0 amide bonds. The van der Waals surface area contributed by atoms with E-state index < -0.39 is 7.82 Å². The molecule has 0 radical (unpaired) electrons. The van der Waals surface area contributed by atoms with E-state index in [-0.39, 0.29) is 29.7 Å². The summed E-state index contributed by atoms with van der Waals surface area (Å²) in [6, 6.07) is 0. The minimum Gasteiger partial charge on any atom is -0.790 e. The minimum absolute atomic E-state index is 0. The Morgan fingerprint density at radius 1 is 1.62 bits per heavy atom. The molecule has 6 heteroatoms. The van der Waals surface area contributed by atoms with Gasteiger partial charge in [-0.05, 0) is 6.92 Å². The van der Waals surface area contributed by atoms with E-state index in [0.717, 1.165) is 0 Å². The van der Waals surface area contributed by atoms with E-state index in [1.807, 2.05) is 0 Å². The van der Waals surface area contributed by atoms with Crippen LogP contribution < -0.4 is 9.79 Å². The summed E-state index contributed by atoms with van der Waals surface area (Å²) in [5.41, 5.74) is 0. The van der Waals surface area contributed by atoms with Crippen LogP contribution >= 0.6 is 7.82 Å². The molecule has 0 aliphatic carbocycles. The molecular weight excluding hydrogens is 143 g/mol. The Balaban J connectivity index is 0. The van der Waals surface area contributed by atoms with Crippen molar-refractivity contribution < 1.29 is 18.9 Å². The van der Waals surface area contributed by atoms with Crippen LogP contribution in [-0.4, -0.2) is 29.7 Å². The molecule has 4 nitrogen and oxygen atoms in total. The summed E-state index contributed by atoms with van der Waals surface area (Å²) in [4.78, 5) is 19.0. The molecule has 0 N–H and O–H groups in total. The molecular formula is C2H5MgO4P. The van der Waals surface area contributed by atoms with Crippen LogP contribution in [0.15, 0.2) is 0 Å².